The Balaban J connectivity index is 1.85. The molecule has 3 aromatic rings. The molecule has 18 heavy (non-hydrogen) atoms. The molecule has 0 saturated heterocycles. The van der Waals surface area contributed by atoms with Gasteiger partial charge in [0, 0.05) is 7.05 Å². The number of aryl methyl sites for hydroxylation is 1. The number of imidazole rings is 1. The Morgan fingerprint density at radius 3 is 2.72 bits per heavy atom. The lowest BCUT2D eigenvalue weighted by Gasteiger charge is -2.05. The summed E-state index contributed by atoms with van der Waals surface area (Å²) >= 11 is 0. The van der Waals surface area contributed by atoms with Crippen LogP contribution in [-0.2, 0) is 13.6 Å². The van der Waals surface area contributed by atoms with Crippen molar-refractivity contribution in [1.82, 2.24) is 19.5 Å². The second kappa shape index (κ2) is 4.44. The molecular weight excluding hydrogens is 226 g/mol. The molecule has 90 valence electrons. The van der Waals surface area contributed by atoms with E-state index in [0.29, 0.717) is 6.54 Å². The molecule has 0 unspecified atom stereocenters. The van der Waals surface area contributed by atoms with Crippen molar-refractivity contribution in [2.75, 3.05) is 5.32 Å². The number of aromatic nitrogens is 4. The topological polar surface area (TPSA) is 55.6 Å². The zero-order valence-corrected chi connectivity index (χ0v) is 10.0. The normalized spacial score (nSPS) is 10.7. The van der Waals surface area contributed by atoms with Gasteiger partial charge in [0.1, 0.15) is 12.2 Å². The summed E-state index contributed by atoms with van der Waals surface area (Å²) in [6.45, 7) is 0.651. The van der Waals surface area contributed by atoms with Crippen molar-refractivity contribution in [2.24, 2.45) is 7.05 Å². The molecule has 0 aliphatic rings. The molecule has 1 N–H and O–H groups in total. The van der Waals surface area contributed by atoms with Gasteiger partial charge in [-0.15, -0.1) is 0 Å². The summed E-state index contributed by atoms with van der Waals surface area (Å²) in [5.41, 5.74) is 3.05. The van der Waals surface area contributed by atoms with Gasteiger partial charge in [-0.3, -0.25) is 0 Å². The van der Waals surface area contributed by atoms with Crippen molar-refractivity contribution in [2.45, 2.75) is 6.54 Å². The van der Waals surface area contributed by atoms with Gasteiger partial charge in [0.05, 0.1) is 35.7 Å². The SMILES string of the molecule is Cn1c(CNc2cncnc2)nc2ccccc21. The Morgan fingerprint density at radius 2 is 1.94 bits per heavy atom. The monoisotopic (exact) mass is 239 g/mol. The minimum absolute atomic E-state index is 0.651. The van der Waals surface area contributed by atoms with E-state index >= 15 is 0 Å². The third-order valence-corrected chi connectivity index (χ3v) is 2.89. The van der Waals surface area contributed by atoms with Gasteiger partial charge in [-0.25, -0.2) is 15.0 Å². The second-order valence-corrected chi connectivity index (χ2v) is 4.06. The van der Waals surface area contributed by atoms with E-state index in [1.54, 1.807) is 12.4 Å². The van der Waals surface area contributed by atoms with Gasteiger partial charge in [-0.05, 0) is 12.1 Å². The average Bonchev–Trinajstić information content (AvgIpc) is 2.75. The number of rotatable bonds is 3. The van der Waals surface area contributed by atoms with Crippen LogP contribution in [0.15, 0.2) is 43.0 Å². The van der Waals surface area contributed by atoms with Crippen molar-refractivity contribution in [3.05, 3.63) is 48.8 Å². The molecule has 5 heteroatoms. The van der Waals surface area contributed by atoms with Gasteiger partial charge < -0.3 is 9.88 Å². The van der Waals surface area contributed by atoms with Crippen LogP contribution in [-0.4, -0.2) is 19.5 Å². The highest BCUT2D eigenvalue weighted by atomic mass is 15.1. The first-order valence-electron chi connectivity index (χ1n) is 5.74. The van der Waals surface area contributed by atoms with Crippen LogP contribution in [0.3, 0.4) is 0 Å². The minimum Gasteiger partial charge on any atom is -0.375 e. The smallest absolute Gasteiger partial charge is 0.128 e. The van der Waals surface area contributed by atoms with Crippen LogP contribution >= 0.6 is 0 Å². The fraction of sp³-hybridized carbons (Fsp3) is 0.154. The summed E-state index contributed by atoms with van der Waals surface area (Å²) in [5.74, 6) is 0.986. The van der Waals surface area contributed by atoms with Gasteiger partial charge in [-0.2, -0.15) is 0 Å². The zero-order chi connectivity index (χ0) is 12.4. The number of benzene rings is 1. The van der Waals surface area contributed by atoms with Crippen molar-refractivity contribution >= 4 is 16.7 Å². The lowest BCUT2D eigenvalue weighted by molar-refractivity contribution is 0.833. The predicted octanol–water partition coefficient (Wildman–Crippen LogP) is 1.98. The maximum atomic E-state index is 4.59. The third kappa shape index (κ3) is 1.90. The Kier molecular flexibility index (Phi) is 2.64. The summed E-state index contributed by atoms with van der Waals surface area (Å²) in [4.78, 5) is 12.5. The standard InChI is InChI=1S/C13H13N5/c1-18-12-5-3-2-4-11(12)17-13(18)8-16-10-6-14-9-15-7-10/h2-7,9,16H,8H2,1H3. The molecule has 0 aliphatic heterocycles. The van der Waals surface area contributed by atoms with Crippen molar-refractivity contribution in [3.63, 3.8) is 0 Å². The lowest BCUT2D eigenvalue weighted by atomic mass is 10.3. The molecular formula is C13H13N5. The van der Waals surface area contributed by atoms with Gasteiger partial charge in [-0.1, -0.05) is 12.1 Å². The van der Waals surface area contributed by atoms with E-state index in [2.05, 4.69) is 30.9 Å². The molecule has 0 spiro atoms. The van der Waals surface area contributed by atoms with E-state index in [-0.39, 0.29) is 0 Å². The molecule has 0 amide bonds. The number of nitrogens with one attached hydrogen (secondary N) is 1. The van der Waals surface area contributed by atoms with E-state index in [9.17, 15) is 0 Å². The first kappa shape index (κ1) is 10.7. The predicted molar refractivity (Wildman–Crippen MR) is 70.1 cm³/mol. The Morgan fingerprint density at radius 1 is 1.17 bits per heavy atom. The van der Waals surface area contributed by atoms with E-state index in [4.69, 9.17) is 0 Å². The van der Waals surface area contributed by atoms with E-state index in [1.165, 1.54) is 6.33 Å². The van der Waals surface area contributed by atoms with Crippen LogP contribution in [0.4, 0.5) is 5.69 Å². The maximum absolute atomic E-state index is 4.59. The number of anilines is 1. The van der Waals surface area contributed by atoms with Crippen LogP contribution in [0.1, 0.15) is 5.82 Å². The zero-order valence-electron chi connectivity index (χ0n) is 10.0. The van der Waals surface area contributed by atoms with E-state index in [0.717, 1.165) is 22.5 Å². The Bertz CT molecular complexity index is 659. The average molecular weight is 239 g/mol. The molecule has 2 aromatic heterocycles. The first-order chi connectivity index (χ1) is 8.84. The van der Waals surface area contributed by atoms with E-state index in [1.807, 2.05) is 25.2 Å². The van der Waals surface area contributed by atoms with Gasteiger partial charge in [0.25, 0.3) is 0 Å². The molecule has 3 rings (SSSR count). The Hall–Kier alpha value is -2.43. The van der Waals surface area contributed by atoms with E-state index < -0.39 is 0 Å². The summed E-state index contributed by atoms with van der Waals surface area (Å²) in [6, 6.07) is 8.10. The lowest BCUT2D eigenvalue weighted by Crippen LogP contribution is -2.06. The number of para-hydroxylation sites is 2. The highest BCUT2D eigenvalue weighted by Gasteiger charge is 2.06. The van der Waals surface area contributed by atoms with Crippen molar-refractivity contribution in [1.29, 1.82) is 0 Å². The third-order valence-electron chi connectivity index (χ3n) is 2.89. The highest BCUT2D eigenvalue weighted by molar-refractivity contribution is 5.75. The van der Waals surface area contributed by atoms with Crippen LogP contribution < -0.4 is 5.32 Å². The number of hydrogen-bond acceptors (Lipinski definition) is 4. The fourth-order valence-electron chi connectivity index (χ4n) is 1.93. The molecule has 5 nitrogen and oxygen atoms in total. The highest BCUT2D eigenvalue weighted by Crippen LogP contribution is 2.15. The van der Waals surface area contributed by atoms with Crippen LogP contribution in [0, 0.1) is 0 Å². The summed E-state index contributed by atoms with van der Waals surface area (Å²) in [7, 11) is 2.02. The Labute approximate surface area is 105 Å². The first-order valence-corrected chi connectivity index (χ1v) is 5.74. The van der Waals surface area contributed by atoms with Gasteiger partial charge >= 0.3 is 0 Å². The summed E-state index contributed by atoms with van der Waals surface area (Å²) in [5, 5.41) is 3.25. The summed E-state index contributed by atoms with van der Waals surface area (Å²) < 4.78 is 2.09. The number of nitrogens with zero attached hydrogens (tertiary/aromatic N) is 4. The van der Waals surface area contributed by atoms with Gasteiger partial charge in [0.15, 0.2) is 0 Å². The van der Waals surface area contributed by atoms with Crippen molar-refractivity contribution in [3.8, 4) is 0 Å². The molecule has 0 atom stereocenters. The largest absolute Gasteiger partial charge is 0.375 e. The van der Waals surface area contributed by atoms with Crippen LogP contribution in [0.5, 0.6) is 0 Å². The van der Waals surface area contributed by atoms with Crippen LogP contribution in [0.25, 0.3) is 11.0 Å². The molecule has 1 aromatic carbocycles. The van der Waals surface area contributed by atoms with Gasteiger partial charge in [0.2, 0.25) is 0 Å². The number of hydrogen-bond donors (Lipinski definition) is 1. The minimum atomic E-state index is 0.651. The molecule has 0 bridgehead atoms. The maximum Gasteiger partial charge on any atom is 0.128 e. The second-order valence-electron chi connectivity index (χ2n) is 4.06. The quantitative estimate of drug-likeness (QED) is 0.759. The molecule has 0 aliphatic carbocycles. The van der Waals surface area contributed by atoms with Crippen LogP contribution in [0.2, 0.25) is 0 Å². The molecule has 0 radical (unpaired) electrons. The molecule has 0 fully saturated rings. The fourth-order valence-corrected chi connectivity index (χ4v) is 1.93. The summed E-state index contributed by atoms with van der Waals surface area (Å²) in [6.07, 6.45) is 5.01. The molecule has 0 saturated carbocycles. The number of fused-ring (bicyclic) bond motifs is 1. The van der Waals surface area contributed by atoms with Crippen molar-refractivity contribution < 1.29 is 0 Å². The molecule has 2 heterocycles.